The average Bonchev–Trinajstić information content (AvgIpc) is 3.13. The second kappa shape index (κ2) is 8.20. The van der Waals surface area contributed by atoms with E-state index in [9.17, 15) is 14.4 Å². The van der Waals surface area contributed by atoms with Crippen LogP contribution in [0.4, 0.5) is 11.4 Å². The summed E-state index contributed by atoms with van der Waals surface area (Å²) in [4.78, 5) is 38.2. The number of fused-ring (bicyclic) bond motifs is 3. The molecule has 2 N–H and O–H groups in total. The number of carbonyl (C=O) groups excluding carboxylic acids is 3. The molecule has 0 radical (unpaired) electrons. The van der Waals surface area contributed by atoms with Gasteiger partial charge in [-0.15, -0.1) is 0 Å². The summed E-state index contributed by atoms with van der Waals surface area (Å²) in [6.07, 6.45) is 0. The molecule has 0 saturated heterocycles. The lowest BCUT2D eigenvalue weighted by atomic mass is 10.0. The predicted octanol–water partition coefficient (Wildman–Crippen LogP) is 5.71. The summed E-state index contributed by atoms with van der Waals surface area (Å²) >= 11 is 0. The first-order valence-electron chi connectivity index (χ1n) is 10.6. The van der Waals surface area contributed by atoms with Crippen LogP contribution in [0.2, 0.25) is 0 Å². The maximum absolute atomic E-state index is 13.0. The van der Waals surface area contributed by atoms with E-state index < -0.39 is 0 Å². The number of nitrogens with one attached hydrogen (secondary N) is 2. The van der Waals surface area contributed by atoms with Crippen LogP contribution in [0.3, 0.4) is 0 Å². The number of amides is 2. The maximum atomic E-state index is 13.0. The van der Waals surface area contributed by atoms with Gasteiger partial charge in [0.15, 0.2) is 5.78 Å². The number of carbonyl (C=O) groups is 3. The molecular weight excluding hydrogens is 412 g/mol. The van der Waals surface area contributed by atoms with Gasteiger partial charge in [-0.1, -0.05) is 54.6 Å². The Bertz CT molecular complexity index is 1420. The van der Waals surface area contributed by atoms with Gasteiger partial charge in [-0.3, -0.25) is 14.4 Å². The number of ketones is 1. The summed E-state index contributed by atoms with van der Waals surface area (Å²) in [7, 11) is 0. The molecule has 5 rings (SSSR count). The molecule has 0 atom stereocenters. The van der Waals surface area contributed by atoms with E-state index in [4.69, 9.17) is 0 Å². The van der Waals surface area contributed by atoms with E-state index in [-0.39, 0.29) is 17.6 Å². The number of rotatable bonds is 4. The van der Waals surface area contributed by atoms with E-state index in [1.807, 2.05) is 43.3 Å². The highest BCUT2D eigenvalue weighted by Gasteiger charge is 2.27. The first-order chi connectivity index (χ1) is 16.0. The number of aryl methyl sites for hydroxylation is 1. The Hall–Kier alpha value is -4.51. The smallest absolute Gasteiger partial charge is 0.255 e. The lowest BCUT2D eigenvalue weighted by Gasteiger charge is -2.12. The molecule has 1 aliphatic rings. The molecule has 0 heterocycles. The van der Waals surface area contributed by atoms with Gasteiger partial charge < -0.3 is 10.6 Å². The minimum Gasteiger partial charge on any atom is -0.322 e. The monoisotopic (exact) mass is 432 g/mol. The summed E-state index contributed by atoms with van der Waals surface area (Å²) in [5.41, 5.74) is 5.87. The summed E-state index contributed by atoms with van der Waals surface area (Å²) in [6.45, 7) is 1.88. The topological polar surface area (TPSA) is 75.3 Å². The second-order valence-corrected chi connectivity index (χ2v) is 7.94. The molecule has 33 heavy (non-hydrogen) atoms. The number of anilines is 2. The van der Waals surface area contributed by atoms with E-state index in [0.29, 0.717) is 33.6 Å². The van der Waals surface area contributed by atoms with E-state index >= 15 is 0 Å². The SMILES string of the molecule is Cc1ccc(NC(=O)c2ccccc2)cc1NC(=O)c1ccc2c(c1)C(=O)c1ccccc1-2. The fourth-order valence-corrected chi connectivity index (χ4v) is 3.99. The lowest BCUT2D eigenvalue weighted by Crippen LogP contribution is -2.15. The summed E-state index contributed by atoms with van der Waals surface area (Å²) < 4.78 is 0. The predicted molar refractivity (Wildman–Crippen MR) is 129 cm³/mol. The molecule has 0 aromatic heterocycles. The van der Waals surface area contributed by atoms with Crippen LogP contribution in [0, 0.1) is 6.92 Å². The maximum Gasteiger partial charge on any atom is 0.255 e. The minimum absolute atomic E-state index is 0.0722. The van der Waals surface area contributed by atoms with Crippen LogP contribution in [0.5, 0.6) is 0 Å². The van der Waals surface area contributed by atoms with Crippen molar-refractivity contribution in [3.05, 3.63) is 119 Å². The van der Waals surface area contributed by atoms with Crippen molar-refractivity contribution in [3.63, 3.8) is 0 Å². The van der Waals surface area contributed by atoms with Crippen molar-refractivity contribution in [2.45, 2.75) is 6.92 Å². The molecule has 0 bridgehead atoms. The van der Waals surface area contributed by atoms with E-state index in [2.05, 4.69) is 10.6 Å². The lowest BCUT2D eigenvalue weighted by molar-refractivity contribution is 0.101. The van der Waals surface area contributed by atoms with Gasteiger partial charge in [-0.05, 0) is 60.0 Å². The Morgan fingerprint density at radius 2 is 1.27 bits per heavy atom. The quantitative estimate of drug-likeness (QED) is 0.382. The van der Waals surface area contributed by atoms with Gasteiger partial charge in [0.1, 0.15) is 0 Å². The molecule has 160 valence electrons. The molecule has 1 aliphatic carbocycles. The first kappa shape index (κ1) is 20.4. The zero-order valence-electron chi connectivity index (χ0n) is 17.9. The van der Waals surface area contributed by atoms with Gasteiger partial charge in [0.25, 0.3) is 11.8 Å². The minimum atomic E-state index is -0.323. The van der Waals surface area contributed by atoms with Crippen molar-refractivity contribution in [2.75, 3.05) is 10.6 Å². The highest BCUT2D eigenvalue weighted by Crippen LogP contribution is 2.36. The highest BCUT2D eigenvalue weighted by molar-refractivity contribution is 6.22. The van der Waals surface area contributed by atoms with Crippen LogP contribution in [0.25, 0.3) is 11.1 Å². The molecule has 2 amide bonds. The zero-order valence-corrected chi connectivity index (χ0v) is 17.9. The van der Waals surface area contributed by atoms with E-state index in [1.165, 1.54) is 0 Å². The molecule has 5 heteroatoms. The summed E-state index contributed by atoms with van der Waals surface area (Å²) in [5, 5.41) is 5.76. The molecule has 5 nitrogen and oxygen atoms in total. The fourth-order valence-electron chi connectivity index (χ4n) is 3.99. The van der Waals surface area contributed by atoms with Crippen molar-refractivity contribution < 1.29 is 14.4 Å². The number of benzene rings is 4. The van der Waals surface area contributed by atoms with Crippen molar-refractivity contribution >= 4 is 29.0 Å². The molecule has 0 unspecified atom stereocenters. The first-order valence-corrected chi connectivity index (χ1v) is 10.6. The Morgan fingerprint density at radius 3 is 2.06 bits per heavy atom. The second-order valence-electron chi connectivity index (χ2n) is 7.94. The average molecular weight is 432 g/mol. The molecule has 0 spiro atoms. The van der Waals surface area contributed by atoms with Gasteiger partial charge in [0.2, 0.25) is 0 Å². The van der Waals surface area contributed by atoms with Crippen LogP contribution in [0.1, 0.15) is 42.2 Å². The molecule has 4 aromatic carbocycles. The molecule has 0 saturated carbocycles. The van der Waals surface area contributed by atoms with Crippen molar-refractivity contribution in [3.8, 4) is 11.1 Å². The van der Waals surface area contributed by atoms with Crippen molar-refractivity contribution in [1.82, 2.24) is 0 Å². The van der Waals surface area contributed by atoms with E-state index in [1.54, 1.807) is 54.6 Å². The summed E-state index contributed by atoms with van der Waals surface area (Å²) in [6, 6.07) is 26.9. The highest BCUT2D eigenvalue weighted by atomic mass is 16.2. The van der Waals surface area contributed by atoms with Crippen molar-refractivity contribution in [2.24, 2.45) is 0 Å². The molecule has 0 fully saturated rings. The standard InChI is InChI=1S/C28H20N2O3/c1-17-11-13-20(29-27(32)18-7-3-2-4-8-18)16-25(17)30-28(33)19-12-14-22-21-9-5-6-10-23(21)26(31)24(22)15-19/h2-16H,1H3,(H,29,32)(H,30,33). The summed E-state index contributed by atoms with van der Waals surface area (Å²) in [5.74, 6) is -0.623. The largest absolute Gasteiger partial charge is 0.322 e. The van der Waals surface area contributed by atoms with Gasteiger partial charge in [-0.2, -0.15) is 0 Å². The van der Waals surface area contributed by atoms with Crippen LogP contribution >= 0.6 is 0 Å². The third-order valence-corrected chi connectivity index (χ3v) is 5.77. The zero-order chi connectivity index (χ0) is 22.9. The number of hydrogen-bond donors (Lipinski definition) is 2. The molecule has 4 aromatic rings. The van der Waals surface area contributed by atoms with Crippen molar-refractivity contribution in [1.29, 1.82) is 0 Å². The Balaban J connectivity index is 1.37. The normalized spacial score (nSPS) is 11.5. The number of hydrogen-bond acceptors (Lipinski definition) is 3. The van der Waals surface area contributed by atoms with Gasteiger partial charge in [0, 0.05) is 33.6 Å². The van der Waals surface area contributed by atoms with Gasteiger partial charge in [0.05, 0.1) is 0 Å². The Kier molecular flexibility index (Phi) is 5.07. The fraction of sp³-hybridized carbons (Fsp3) is 0.0357. The van der Waals surface area contributed by atoms with Crippen LogP contribution < -0.4 is 10.6 Å². The molecule has 0 aliphatic heterocycles. The third-order valence-electron chi connectivity index (χ3n) is 5.77. The third kappa shape index (κ3) is 3.81. The van der Waals surface area contributed by atoms with Gasteiger partial charge in [-0.25, -0.2) is 0 Å². The van der Waals surface area contributed by atoms with E-state index in [0.717, 1.165) is 16.7 Å². The Morgan fingerprint density at radius 1 is 0.606 bits per heavy atom. The van der Waals surface area contributed by atoms with Crippen LogP contribution in [-0.4, -0.2) is 17.6 Å². The Labute approximate surface area is 191 Å². The van der Waals surface area contributed by atoms with Crippen LogP contribution in [0.15, 0.2) is 91.0 Å². The van der Waals surface area contributed by atoms with Crippen LogP contribution in [-0.2, 0) is 0 Å². The van der Waals surface area contributed by atoms with Gasteiger partial charge >= 0.3 is 0 Å². The molecular formula is C28H20N2O3.